The van der Waals surface area contributed by atoms with Crippen molar-refractivity contribution >= 4 is 57.1 Å². The van der Waals surface area contributed by atoms with Gasteiger partial charge in [-0.2, -0.15) is 13.2 Å². The minimum Gasteiger partial charge on any atom is -0.263 e. The van der Waals surface area contributed by atoms with Gasteiger partial charge >= 0.3 is 12.1 Å². The fraction of sp³-hybridized carbons (Fsp3) is 0.0714. The van der Waals surface area contributed by atoms with Crippen LogP contribution in [0.1, 0.15) is 0 Å². The van der Waals surface area contributed by atoms with E-state index in [9.17, 15) is 52.7 Å². The van der Waals surface area contributed by atoms with Gasteiger partial charge in [-0.25, -0.2) is 39.5 Å². The van der Waals surface area contributed by atoms with Gasteiger partial charge in [0.25, 0.3) is 10.0 Å². The van der Waals surface area contributed by atoms with E-state index in [1.54, 1.807) is 0 Å². The summed E-state index contributed by atoms with van der Waals surface area (Å²) in [6, 6.07) is -0.0660. The smallest absolute Gasteiger partial charge is 0.263 e. The van der Waals surface area contributed by atoms with Crippen LogP contribution >= 0.6 is 11.6 Å². The van der Waals surface area contributed by atoms with Crippen LogP contribution in [-0.2, 0) is 14.8 Å². The topological polar surface area (TPSA) is 63.2 Å². The number of hydrogen-bond donors (Lipinski definition) is 1. The molecule has 2 aromatic carbocycles. The van der Waals surface area contributed by atoms with E-state index in [1.807, 2.05) is 0 Å². The van der Waals surface area contributed by atoms with Crippen molar-refractivity contribution in [2.24, 2.45) is 0 Å². The minimum atomic E-state index is -5.68. The molecule has 16 heteroatoms. The second kappa shape index (κ2) is 8.94. The fourth-order valence-corrected chi connectivity index (χ4v) is 3.52. The summed E-state index contributed by atoms with van der Waals surface area (Å²) in [5.41, 5.74) is -3.45. The molecule has 1 radical (unpaired) electrons. The summed E-state index contributed by atoms with van der Waals surface area (Å²) in [6.45, 7) is 0. The van der Waals surface area contributed by atoms with Gasteiger partial charge in [0.2, 0.25) is 5.82 Å². The Hall–Kier alpha value is -1.48. The van der Waals surface area contributed by atoms with Crippen molar-refractivity contribution < 1.29 is 52.7 Å². The van der Waals surface area contributed by atoms with E-state index < -0.39 is 78.1 Å². The van der Waals surface area contributed by atoms with Crippen LogP contribution in [0.2, 0.25) is 5.02 Å². The summed E-state index contributed by atoms with van der Waals surface area (Å²) in [5, 5.41) is -1.16. The number of halogens is 10. The Morgan fingerprint density at radius 2 is 1.30 bits per heavy atom. The second-order valence-electron chi connectivity index (χ2n) is 5.14. The fourth-order valence-electron chi connectivity index (χ4n) is 2.00. The molecule has 1 N–H and O–H groups in total. The quantitative estimate of drug-likeness (QED) is 0.305. The van der Waals surface area contributed by atoms with Crippen LogP contribution in [0.4, 0.5) is 39.5 Å². The predicted octanol–water partition coefficient (Wildman–Crippen LogP) is 3.83. The summed E-state index contributed by atoms with van der Waals surface area (Å²) in [5.74, 6) is -17.5. The average molecular weight is 495 g/mol. The number of carbonyl (C=O) groups excluding carboxylic acids is 1. The Labute approximate surface area is 188 Å². The molecule has 0 atom stereocenters. The van der Waals surface area contributed by atoms with Gasteiger partial charge in [-0.1, -0.05) is 11.6 Å². The van der Waals surface area contributed by atoms with Crippen molar-refractivity contribution in [3.05, 3.63) is 52.1 Å². The second-order valence-corrected chi connectivity index (χ2v) is 7.20. The first-order chi connectivity index (χ1) is 13.1. The third-order valence-corrected chi connectivity index (χ3v) is 5.07. The number of hydrogen-bond acceptors (Lipinski definition) is 3. The number of amides is 1. The molecule has 159 valence electrons. The normalized spacial score (nSPS) is 11.8. The molecule has 2 rings (SSSR count). The first-order valence-electron chi connectivity index (χ1n) is 6.74. The van der Waals surface area contributed by atoms with Gasteiger partial charge in [0.1, 0.15) is 10.7 Å². The molecule has 0 fully saturated rings. The summed E-state index contributed by atoms with van der Waals surface area (Å²) in [6.07, 6.45) is -5.68. The summed E-state index contributed by atoms with van der Waals surface area (Å²) in [4.78, 5) is 9.33. The van der Waals surface area contributed by atoms with E-state index in [0.29, 0.717) is 4.72 Å². The van der Waals surface area contributed by atoms with Crippen molar-refractivity contribution in [3.8, 4) is 11.1 Å². The standard InChI is InChI=1S/C14H3ClF9NO3S.Na/c15-4-2-5(16)3(7-8(17)10(19)12(21)11(20)9(7)18)1-6(4)29(27,28)25-13(26)14(22,23)24;/h1-2H,(H,25,26);. The van der Waals surface area contributed by atoms with E-state index in [2.05, 4.69) is 0 Å². The SMILES string of the molecule is O=C(NS(=O)(=O)c1cc(-c2c(F)c(F)c(F)c(F)c2F)c(F)cc1Cl)C(F)(F)F.[Na]. The zero-order valence-corrected chi connectivity index (χ0v) is 17.6. The Morgan fingerprint density at radius 3 is 1.73 bits per heavy atom. The average Bonchev–Trinajstić information content (AvgIpc) is 2.58. The van der Waals surface area contributed by atoms with Gasteiger partial charge in [-0.15, -0.1) is 0 Å². The molecule has 0 heterocycles. The third kappa shape index (κ3) is 4.88. The summed E-state index contributed by atoms with van der Waals surface area (Å²) >= 11 is 5.39. The Bertz CT molecular complexity index is 1110. The molecule has 0 bridgehead atoms. The molecule has 2 aromatic rings. The van der Waals surface area contributed by atoms with Gasteiger partial charge in [-0.3, -0.25) is 4.79 Å². The third-order valence-electron chi connectivity index (χ3n) is 3.27. The van der Waals surface area contributed by atoms with E-state index in [1.165, 1.54) is 0 Å². The molecule has 0 aliphatic carbocycles. The molecule has 0 saturated carbocycles. The predicted molar refractivity (Wildman–Crippen MR) is 83.8 cm³/mol. The number of benzene rings is 2. The van der Waals surface area contributed by atoms with E-state index in [4.69, 9.17) is 11.6 Å². The largest absolute Gasteiger partial charge is 0.472 e. The summed E-state index contributed by atoms with van der Waals surface area (Å²) < 4.78 is 143. The van der Waals surface area contributed by atoms with Crippen LogP contribution in [0.5, 0.6) is 0 Å². The number of carbonyl (C=O) groups is 1. The maximum absolute atomic E-state index is 14.1. The number of sulfonamides is 1. The van der Waals surface area contributed by atoms with Gasteiger partial charge in [0.15, 0.2) is 23.3 Å². The monoisotopic (exact) mass is 494 g/mol. The van der Waals surface area contributed by atoms with Crippen LogP contribution in [0.25, 0.3) is 11.1 Å². The van der Waals surface area contributed by atoms with Crippen LogP contribution in [0.15, 0.2) is 17.0 Å². The maximum atomic E-state index is 14.1. The Kier molecular flexibility index (Phi) is 7.92. The van der Waals surface area contributed by atoms with Crippen molar-refractivity contribution in [1.29, 1.82) is 0 Å². The van der Waals surface area contributed by atoms with Gasteiger partial charge < -0.3 is 0 Å². The number of nitrogens with one attached hydrogen (secondary N) is 1. The molecule has 4 nitrogen and oxygen atoms in total. The van der Waals surface area contributed by atoms with E-state index in [0.717, 1.165) is 0 Å². The van der Waals surface area contributed by atoms with E-state index in [-0.39, 0.29) is 41.7 Å². The first kappa shape index (κ1) is 26.6. The zero-order chi connectivity index (χ0) is 22.5. The van der Waals surface area contributed by atoms with Crippen LogP contribution < -0.4 is 4.72 Å². The molecule has 0 aliphatic rings. The molecule has 0 aromatic heterocycles. The number of rotatable bonds is 3. The Balaban J connectivity index is 0.00000450. The van der Waals surface area contributed by atoms with Gasteiger partial charge in [0, 0.05) is 35.1 Å². The minimum absolute atomic E-state index is 0. The Morgan fingerprint density at radius 1 is 0.867 bits per heavy atom. The molecule has 0 unspecified atom stereocenters. The molecular weight excluding hydrogens is 492 g/mol. The van der Waals surface area contributed by atoms with Gasteiger partial charge in [-0.05, 0) is 12.1 Å². The first-order valence-corrected chi connectivity index (χ1v) is 8.60. The van der Waals surface area contributed by atoms with Crippen molar-refractivity contribution in [1.82, 2.24) is 4.72 Å². The van der Waals surface area contributed by atoms with Crippen molar-refractivity contribution in [2.45, 2.75) is 11.1 Å². The molecule has 0 saturated heterocycles. The van der Waals surface area contributed by atoms with Crippen molar-refractivity contribution in [2.75, 3.05) is 0 Å². The van der Waals surface area contributed by atoms with Crippen LogP contribution in [0.3, 0.4) is 0 Å². The van der Waals surface area contributed by atoms with Gasteiger partial charge in [0.05, 0.1) is 10.6 Å². The zero-order valence-electron chi connectivity index (χ0n) is 14.1. The maximum Gasteiger partial charge on any atom is 0.472 e. The molecule has 1 amide bonds. The molecule has 0 spiro atoms. The van der Waals surface area contributed by atoms with Crippen LogP contribution in [0, 0.1) is 34.9 Å². The molecule has 0 aliphatic heterocycles. The molecule has 30 heavy (non-hydrogen) atoms. The van der Waals surface area contributed by atoms with Crippen LogP contribution in [-0.4, -0.2) is 50.1 Å². The van der Waals surface area contributed by atoms with E-state index >= 15 is 0 Å². The van der Waals surface area contributed by atoms with Crippen molar-refractivity contribution in [3.63, 3.8) is 0 Å². The number of alkyl halides is 3. The molecular formula is C14H3ClF9NNaO3S. The summed E-state index contributed by atoms with van der Waals surface area (Å²) in [7, 11) is -5.50.